The topological polar surface area (TPSA) is 89.4 Å². The first-order chi connectivity index (χ1) is 6.52. The molecule has 0 aliphatic carbocycles. The van der Waals surface area contributed by atoms with Crippen molar-refractivity contribution in [3.05, 3.63) is 0 Å². The molecule has 1 fully saturated rings. The third kappa shape index (κ3) is 2.45. The zero-order valence-corrected chi connectivity index (χ0v) is 8.40. The predicted molar refractivity (Wildman–Crippen MR) is 52.1 cm³/mol. The molecule has 0 aromatic heterocycles. The Bertz CT molecular complexity index is 230. The smallest absolute Gasteiger partial charge is 0.234 e. The van der Waals surface area contributed by atoms with Gasteiger partial charge in [-0.3, -0.25) is 14.5 Å². The highest BCUT2D eigenvalue weighted by Gasteiger charge is 2.28. The van der Waals surface area contributed by atoms with Crippen LogP contribution in [0.4, 0.5) is 0 Å². The van der Waals surface area contributed by atoms with Gasteiger partial charge in [0, 0.05) is 6.54 Å². The number of carbonyl (C=O) groups excluding carboxylic acids is 2. The first-order valence-corrected chi connectivity index (χ1v) is 4.85. The lowest BCUT2D eigenvalue weighted by molar-refractivity contribution is -0.127. The van der Waals surface area contributed by atoms with Crippen molar-refractivity contribution in [2.75, 3.05) is 13.1 Å². The number of piperidine rings is 1. The Hall–Kier alpha value is -1.10. The molecule has 2 atom stereocenters. The molecule has 1 aliphatic heterocycles. The van der Waals surface area contributed by atoms with Crippen LogP contribution >= 0.6 is 0 Å². The van der Waals surface area contributed by atoms with E-state index in [1.54, 1.807) is 6.92 Å². The van der Waals surface area contributed by atoms with Crippen LogP contribution in [-0.4, -0.2) is 35.8 Å². The van der Waals surface area contributed by atoms with Gasteiger partial charge in [0.05, 0.1) is 12.0 Å². The summed E-state index contributed by atoms with van der Waals surface area (Å²) in [5.41, 5.74) is 10.4. The Morgan fingerprint density at radius 1 is 1.43 bits per heavy atom. The lowest BCUT2D eigenvalue weighted by atomic mass is 9.96. The average Bonchev–Trinajstić information content (AvgIpc) is 2.16. The van der Waals surface area contributed by atoms with E-state index in [4.69, 9.17) is 11.5 Å². The van der Waals surface area contributed by atoms with E-state index in [2.05, 4.69) is 0 Å². The highest BCUT2D eigenvalue weighted by atomic mass is 16.2. The number of likely N-dealkylation sites (tertiary alicyclic amines) is 1. The lowest BCUT2D eigenvalue weighted by Crippen LogP contribution is -2.49. The summed E-state index contributed by atoms with van der Waals surface area (Å²) in [6.45, 7) is 3.12. The fourth-order valence-electron chi connectivity index (χ4n) is 1.77. The zero-order valence-electron chi connectivity index (χ0n) is 8.40. The van der Waals surface area contributed by atoms with Gasteiger partial charge in [0.25, 0.3) is 0 Å². The van der Waals surface area contributed by atoms with Gasteiger partial charge in [-0.2, -0.15) is 0 Å². The molecule has 14 heavy (non-hydrogen) atoms. The molecule has 2 unspecified atom stereocenters. The highest BCUT2D eigenvalue weighted by Crippen LogP contribution is 2.17. The van der Waals surface area contributed by atoms with Gasteiger partial charge < -0.3 is 11.5 Å². The minimum atomic E-state index is -0.352. The average molecular weight is 199 g/mol. The summed E-state index contributed by atoms with van der Waals surface area (Å²) in [5.74, 6) is -0.771. The van der Waals surface area contributed by atoms with Crippen LogP contribution in [0.25, 0.3) is 0 Å². The van der Waals surface area contributed by atoms with E-state index < -0.39 is 0 Å². The number of primary amides is 2. The second kappa shape index (κ2) is 4.41. The number of nitrogens with two attached hydrogens (primary N) is 2. The molecule has 0 aromatic carbocycles. The molecule has 0 bridgehead atoms. The largest absolute Gasteiger partial charge is 0.369 e. The molecular weight excluding hydrogens is 182 g/mol. The summed E-state index contributed by atoms with van der Waals surface area (Å²) in [7, 11) is 0. The molecule has 1 rings (SSSR count). The quantitative estimate of drug-likeness (QED) is 0.614. The Morgan fingerprint density at radius 2 is 2.07 bits per heavy atom. The predicted octanol–water partition coefficient (Wildman–Crippen LogP) is -0.942. The summed E-state index contributed by atoms with van der Waals surface area (Å²) in [5, 5.41) is 0. The molecule has 0 aromatic rings. The number of hydrogen-bond donors (Lipinski definition) is 2. The highest BCUT2D eigenvalue weighted by molar-refractivity contribution is 5.80. The van der Waals surface area contributed by atoms with Crippen LogP contribution in [0.3, 0.4) is 0 Å². The molecule has 1 saturated heterocycles. The first kappa shape index (κ1) is 11.0. The fraction of sp³-hybridized carbons (Fsp3) is 0.778. The van der Waals surface area contributed by atoms with Crippen LogP contribution in [0, 0.1) is 5.92 Å². The lowest BCUT2D eigenvalue weighted by Gasteiger charge is -2.34. The van der Waals surface area contributed by atoms with E-state index in [1.165, 1.54) is 0 Å². The molecule has 5 heteroatoms. The van der Waals surface area contributed by atoms with Gasteiger partial charge in [-0.05, 0) is 26.3 Å². The minimum absolute atomic E-state index is 0.134. The number of nitrogens with zero attached hydrogens (tertiary/aromatic N) is 1. The van der Waals surface area contributed by atoms with Crippen LogP contribution in [0.5, 0.6) is 0 Å². The molecule has 5 nitrogen and oxygen atoms in total. The molecule has 0 radical (unpaired) electrons. The maximum atomic E-state index is 11.0. The van der Waals surface area contributed by atoms with E-state index >= 15 is 0 Å². The second-order valence-electron chi connectivity index (χ2n) is 3.81. The molecule has 1 aliphatic rings. The molecule has 1 heterocycles. The summed E-state index contributed by atoms with van der Waals surface area (Å²) in [6.07, 6.45) is 1.71. The summed E-state index contributed by atoms with van der Waals surface area (Å²) < 4.78 is 0. The van der Waals surface area contributed by atoms with Crippen molar-refractivity contribution in [1.29, 1.82) is 0 Å². The molecule has 0 spiro atoms. The summed E-state index contributed by atoms with van der Waals surface area (Å²) in [4.78, 5) is 23.8. The maximum absolute atomic E-state index is 11.0. The van der Waals surface area contributed by atoms with Gasteiger partial charge in [0.2, 0.25) is 11.8 Å². The van der Waals surface area contributed by atoms with E-state index in [-0.39, 0.29) is 23.8 Å². The van der Waals surface area contributed by atoms with Gasteiger partial charge in [0.15, 0.2) is 0 Å². The van der Waals surface area contributed by atoms with Gasteiger partial charge in [-0.25, -0.2) is 0 Å². The van der Waals surface area contributed by atoms with E-state index in [0.29, 0.717) is 6.54 Å². The molecular formula is C9H17N3O2. The van der Waals surface area contributed by atoms with Crippen LogP contribution < -0.4 is 11.5 Å². The number of hydrogen-bond acceptors (Lipinski definition) is 3. The maximum Gasteiger partial charge on any atom is 0.234 e. The SMILES string of the molecule is CC(C(N)=O)N1CCCC(C(N)=O)C1. The van der Waals surface area contributed by atoms with E-state index in [1.807, 2.05) is 4.90 Å². The summed E-state index contributed by atoms with van der Waals surface area (Å²) >= 11 is 0. The van der Waals surface area contributed by atoms with Crippen LogP contribution in [0.2, 0.25) is 0 Å². The second-order valence-corrected chi connectivity index (χ2v) is 3.81. The van der Waals surface area contributed by atoms with Crippen LogP contribution in [-0.2, 0) is 9.59 Å². The normalized spacial score (nSPS) is 25.6. The number of amides is 2. The van der Waals surface area contributed by atoms with Crippen LogP contribution in [0.1, 0.15) is 19.8 Å². The molecule has 2 amide bonds. The third-order valence-electron chi connectivity index (χ3n) is 2.81. The summed E-state index contributed by atoms with van der Waals surface area (Å²) in [6, 6.07) is -0.308. The van der Waals surface area contributed by atoms with Crippen molar-refractivity contribution >= 4 is 11.8 Å². The minimum Gasteiger partial charge on any atom is -0.369 e. The first-order valence-electron chi connectivity index (χ1n) is 4.85. The van der Waals surface area contributed by atoms with Crippen molar-refractivity contribution in [3.8, 4) is 0 Å². The van der Waals surface area contributed by atoms with Crippen molar-refractivity contribution in [1.82, 2.24) is 4.90 Å². The Labute approximate surface area is 83.4 Å². The van der Waals surface area contributed by atoms with Crippen molar-refractivity contribution < 1.29 is 9.59 Å². The monoisotopic (exact) mass is 199 g/mol. The van der Waals surface area contributed by atoms with Crippen molar-refractivity contribution in [3.63, 3.8) is 0 Å². The Kier molecular flexibility index (Phi) is 3.46. The Morgan fingerprint density at radius 3 is 2.57 bits per heavy atom. The van der Waals surface area contributed by atoms with Gasteiger partial charge in [0.1, 0.15) is 0 Å². The van der Waals surface area contributed by atoms with Crippen LogP contribution in [0.15, 0.2) is 0 Å². The van der Waals surface area contributed by atoms with Crippen molar-refractivity contribution in [2.24, 2.45) is 17.4 Å². The zero-order chi connectivity index (χ0) is 10.7. The van der Waals surface area contributed by atoms with E-state index in [0.717, 1.165) is 19.4 Å². The fourth-order valence-corrected chi connectivity index (χ4v) is 1.77. The number of carbonyl (C=O) groups is 2. The van der Waals surface area contributed by atoms with Gasteiger partial charge in [-0.15, -0.1) is 0 Å². The van der Waals surface area contributed by atoms with Crippen molar-refractivity contribution in [2.45, 2.75) is 25.8 Å². The van der Waals surface area contributed by atoms with Gasteiger partial charge >= 0.3 is 0 Å². The molecule has 4 N–H and O–H groups in total. The molecule has 80 valence electrons. The van der Waals surface area contributed by atoms with Gasteiger partial charge in [-0.1, -0.05) is 0 Å². The standard InChI is InChI=1S/C9H17N3O2/c1-6(8(10)13)12-4-2-3-7(5-12)9(11)14/h6-7H,2-5H2,1H3,(H2,10,13)(H2,11,14). The third-order valence-corrected chi connectivity index (χ3v) is 2.81. The Balaban J connectivity index is 2.55. The van der Waals surface area contributed by atoms with E-state index in [9.17, 15) is 9.59 Å². The molecule has 0 saturated carbocycles. The number of rotatable bonds is 3.